The van der Waals surface area contributed by atoms with Gasteiger partial charge in [-0.05, 0) is 48.5 Å². The molecule has 1 aromatic carbocycles. The molecule has 1 aliphatic rings. The molecule has 1 atom stereocenters. The van der Waals surface area contributed by atoms with Gasteiger partial charge in [0, 0.05) is 19.1 Å². The van der Waals surface area contributed by atoms with Gasteiger partial charge in [-0.1, -0.05) is 24.3 Å². The number of Topliss-reactive ketones (excluding diaryl/α,β-unsaturated/α-hetero) is 1. The summed E-state index contributed by atoms with van der Waals surface area (Å²) >= 11 is 1.40. The van der Waals surface area contributed by atoms with Crippen LogP contribution < -0.4 is 5.32 Å². The zero-order chi connectivity index (χ0) is 17.1. The molecule has 3 rings (SSSR count). The number of carbonyl (C=O) groups is 2. The van der Waals surface area contributed by atoms with Crippen LogP contribution in [0.1, 0.15) is 33.3 Å². The standard InChI is InChI=1S/C19H22N2O2S/c1-13(22)18-7-14(12-24-18)8-19(23)20-10-17-9-15-5-3-4-6-16(15)11-21(17)2/h3-7,12,17H,8-11H2,1-2H3,(H,20,23)/t17-/m0/s1. The number of nitrogens with zero attached hydrogens (tertiary/aromatic N) is 1. The van der Waals surface area contributed by atoms with Gasteiger partial charge in [0.05, 0.1) is 11.3 Å². The number of likely N-dealkylation sites (N-methyl/N-ethyl adjacent to an activating group) is 1. The molecule has 1 aliphatic heterocycles. The Kier molecular flexibility index (Phi) is 5.11. The van der Waals surface area contributed by atoms with Crippen molar-refractivity contribution in [3.8, 4) is 0 Å². The normalized spacial score (nSPS) is 17.3. The van der Waals surface area contributed by atoms with Gasteiger partial charge in [0.15, 0.2) is 5.78 Å². The van der Waals surface area contributed by atoms with Crippen LogP contribution in [0.15, 0.2) is 35.7 Å². The molecule has 0 radical (unpaired) electrons. The quantitative estimate of drug-likeness (QED) is 0.850. The van der Waals surface area contributed by atoms with E-state index in [4.69, 9.17) is 0 Å². The maximum Gasteiger partial charge on any atom is 0.224 e. The predicted octanol–water partition coefficient (Wildman–Crippen LogP) is 2.67. The molecule has 1 amide bonds. The first kappa shape index (κ1) is 16.9. The summed E-state index contributed by atoms with van der Waals surface area (Å²) in [6.45, 7) is 3.11. The van der Waals surface area contributed by atoms with Crippen LogP contribution in [-0.2, 0) is 24.2 Å². The summed E-state index contributed by atoms with van der Waals surface area (Å²) in [5.74, 6) is 0.0596. The lowest BCUT2D eigenvalue weighted by Gasteiger charge is -2.34. The molecule has 1 N–H and O–H groups in total. The Morgan fingerprint density at radius 1 is 1.29 bits per heavy atom. The van der Waals surface area contributed by atoms with Crippen molar-refractivity contribution in [3.05, 3.63) is 57.3 Å². The molecule has 2 heterocycles. The lowest BCUT2D eigenvalue weighted by Crippen LogP contribution is -2.45. The average molecular weight is 342 g/mol. The van der Waals surface area contributed by atoms with Crippen LogP contribution in [0, 0.1) is 0 Å². The Balaban J connectivity index is 1.53. The van der Waals surface area contributed by atoms with E-state index in [0.29, 0.717) is 23.9 Å². The zero-order valence-electron chi connectivity index (χ0n) is 14.0. The van der Waals surface area contributed by atoms with Crippen molar-refractivity contribution in [2.24, 2.45) is 0 Å². The second-order valence-electron chi connectivity index (χ2n) is 6.40. The predicted molar refractivity (Wildman–Crippen MR) is 96.4 cm³/mol. The van der Waals surface area contributed by atoms with E-state index in [1.165, 1.54) is 22.5 Å². The highest BCUT2D eigenvalue weighted by Gasteiger charge is 2.23. The van der Waals surface area contributed by atoms with Crippen molar-refractivity contribution in [3.63, 3.8) is 0 Å². The van der Waals surface area contributed by atoms with Crippen molar-refractivity contribution in [1.82, 2.24) is 10.2 Å². The van der Waals surface area contributed by atoms with Gasteiger partial charge in [0.25, 0.3) is 0 Å². The van der Waals surface area contributed by atoms with Gasteiger partial charge < -0.3 is 5.32 Å². The average Bonchev–Trinajstić information content (AvgIpc) is 3.01. The van der Waals surface area contributed by atoms with Crippen LogP contribution in [0.3, 0.4) is 0 Å². The van der Waals surface area contributed by atoms with Gasteiger partial charge in [0.2, 0.25) is 5.91 Å². The van der Waals surface area contributed by atoms with Crippen LogP contribution in [0.2, 0.25) is 0 Å². The summed E-state index contributed by atoms with van der Waals surface area (Å²) in [5, 5.41) is 4.93. The fraction of sp³-hybridized carbons (Fsp3) is 0.368. The van der Waals surface area contributed by atoms with Crippen LogP contribution in [-0.4, -0.2) is 36.2 Å². The van der Waals surface area contributed by atoms with E-state index in [1.54, 1.807) is 6.92 Å². The highest BCUT2D eigenvalue weighted by molar-refractivity contribution is 7.12. The van der Waals surface area contributed by atoms with E-state index in [-0.39, 0.29) is 11.7 Å². The Morgan fingerprint density at radius 3 is 2.75 bits per heavy atom. The molecule has 0 saturated carbocycles. The molecule has 5 heteroatoms. The highest BCUT2D eigenvalue weighted by atomic mass is 32.1. The largest absolute Gasteiger partial charge is 0.354 e. The van der Waals surface area contributed by atoms with E-state index in [9.17, 15) is 9.59 Å². The van der Waals surface area contributed by atoms with Crippen LogP contribution in [0.5, 0.6) is 0 Å². The Bertz CT molecular complexity index is 753. The molecular weight excluding hydrogens is 320 g/mol. The molecule has 0 aliphatic carbocycles. The van der Waals surface area contributed by atoms with E-state index in [0.717, 1.165) is 18.5 Å². The zero-order valence-corrected chi connectivity index (χ0v) is 14.9. The summed E-state index contributed by atoms with van der Waals surface area (Å²) in [4.78, 5) is 26.5. The molecular formula is C19H22N2O2S. The number of thiophene rings is 1. The minimum Gasteiger partial charge on any atom is -0.354 e. The molecule has 2 aromatic rings. The Hall–Kier alpha value is -1.98. The number of carbonyl (C=O) groups excluding carboxylic acids is 2. The van der Waals surface area contributed by atoms with Gasteiger partial charge in [-0.25, -0.2) is 0 Å². The van der Waals surface area contributed by atoms with E-state index < -0.39 is 0 Å². The summed E-state index contributed by atoms with van der Waals surface area (Å²) in [5.41, 5.74) is 3.65. The molecule has 4 nitrogen and oxygen atoms in total. The number of hydrogen-bond acceptors (Lipinski definition) is 4. The van der Waals surface area contributed by atoms with Crippen LogP contribution in [0.25, 0.3) is 0 Å². The maximum absolute atomic E-state index is 12.2. The fourth-order valence-electron chi connectivity index (χ4n) is 3.08. The number of hydrogen-bond donors (Lipinski definition) is 1. The lowest BCUT2D eigenvalue weighted by atomic mass is 9.94. The minimum absolute atomic E-state index is 0.00941. The van der Waals surface area contributed by atoms with Gasteiger partial charge in [0.1, 0.15) is 0 Å². The second-order valence-corrected chi connectivity index (χ2v) is 7.31. The number of benzene rings is 1. The number of fused-ring (bicyclic) bond motifs is 1. The molecule has 1 aromatic heterocycles. The number of nitrogens with one attached hydrogen (secondary N) is 1. The summed E-state index contributed by atoms with van der Waals surface area (Å²) in [6.07, 6.45) is 1.29. The number of ketones is 1. The van der Waals surface area contributed by atoms with Gasteiger partial charge >= 0.3 is 0 Å². The third kappa shape index (κ3) is 3.91. The van der Waals surface area contributed by atoms with E-state index in [2.05, 4.69) is 41.5 Å². The summed E-state index contributed by atoms with van der Waals surface area (Å²) in [6, 6.07) is 10.6. The molecule has 0 spiro atoms. The molecule has 0 saturated heterocycles. The van der Waals surface area contributed by atoms with Crippen LogP contribution >= 0.6 is 11.3 Å². The lowest BCUT2D eigenvalue weighted by molar-refractivity contribution is -0.120. The van der Waals surface area contributed by atoms with Crippen molar-refractivity contribution >= 4 is 23.0 Å². The molecule has 0 bridgehead atoms. The summed E-state index contributed by atoms with van der Waals surface area (Å²) in [7, 11) is 2.10. The smallest absolute Gasteiger partial charge is 0.224 e. The first-order valence-corrected chi connectivity index (χ1v) is 9.03. The first-order valence-electron chi connectivity index (χ1n) is 8.15. The topological polar surface area (TPSA) is 49.4 Å². The minimum atomic E-state index is 0.00941. The first-order chi connectivity index (χ1) is 11.5. The highest BCUT2D eigenvalue weighted by Crippen LogP contribution is 2.21. The Labute approximate surface area is 146 Å². The molecule has 126 valence electrons. The monoisotopic (exact) mass is 342 g/mol. The van der Waals surface area contributed by atoms with Gasteiger partial charge in [-0.15, -0.1) is 11.3 Å². The molecule has 0 fully saturated rings. The van der Waals surface area contributed by atoms with E-state index >= 15 is 0 Å². The Morgan fingerprint density at radius 2 is 2.04 bits per heavy atom. The third-order valence-corrected chi connectivity index (χ3v) is 5.60. The van der Waals surface area contributed by atoms with E-state index in [1.807, 2.05) is 11.4 Å². The van der Waals surface area contributed by atoms with Crippen molar-refractivity contribution < 1.29 is 9.59 Å². The second kappa shape index (κ2) is 7.28. The van der Waals surface area contributed by atoms with Crippen LogP contribution in [0.4, 0.5) is 0 Å². The summed E-state index contributed by atoms with van der Waals surface area (Å²) < 4.78 is 0. The van der Waals surface area contributed by atoms with Crippen molar-refractivity contribution in [2.45, 2.75) is 32.4 Å². The van der Waals surface area contributed by atoms with Gasteiger partial charge in [-0.2, -0.15) is 0 Å². The molecule has 0 unspecified atom stereocenters. The SMILES string of the molecule is CC(=O)c1cc(CC(=O)NC[C@@H]2Cc3ccccc3CN2C)cs1. The van der Waals surface area contributed by atoms with Gasteiger partial charge in [-0.3, -0.25) is 14.5 Å². The fourth-order valence-corrected chi connectivity index (χ4v) is 3.89. The number of amides is 1. The maximum atomic E-state index is 12.2. The molecule has 24 heavy (non-hydrogen) atoms. The third-order valence-electron chi connectivity index (χ3n) is 4.52. The number of rotatable bonds is 5. The van der Waals surface area contributed by atoms with Crippen molar-refractivity contribution in [1.29, 1.82) is 0 Å². The van der Waals surface area contributed by atoms with Crippen molar-refractivity contribution in [2.75, 3.05) is 13.6 Å².